The molecule has 0 bridgehead atoms. The maximum absolute atomic E-state index is 12.0. The molecule has 0 radical (unpaired) electrons. The van der Waals surface area contributed by atoms with Gasteiger partial charge in [-0.1, -0.05) is 13.8 Å². The summed E-state index contributed by atoms with van der Waals surface area (Å²) < 4.78 is 5.05. The van der Waals surface area contributed by atoms with Gasteiger partial charge in [0.15, 0.2) is 0 Å². The molecule has 1 rings (SSSR count). The Bertz CT molecular complexity index is 246. The fraction of sp³-hybridized carbons (Fsp3) is 0.923. The Morgan fingerprint density at radius 2 is 2.24 bits per heavy atom. The van der Waals surface area contributed by atoms with Crippen molar-refractivity contribution in [1.29, 1.82) is 0 Å². The van der Waals surface area contributed by atoms with E-state index in [1.54, 1.807) is 7.11 Å². The van der Waals surface area contributed by atoms with E-state index in [0.29, 0.717) is 25.0 Å². The van der Waals surface area contributed by atoms with E-state index in [0.717, 1.165) is 19.3 Å². The van der Waals surface area contributed by atoms with Gasteiger partial charge in [-0.2, -0.15) is 0 Å². The number of nitrogens with two attached hydrogens (primary N) is 1. The normalized spacial score (nSPS) is 30.9. The zero-order chi connectivity index (χ0) is 12.8. The minimum absolute atomic E-state index is 0.143. The van der Waals surface area contributed by atoms with E-state index in [4.69, 9.17) is 10.5 Å². The Kier molecular flexibility index (Phi) is 5.92. The lowest BCUT2D eigenvalue weighted by Gasteiger charge is -2.31. The summed E-state index contributed by atoms with van der Waals surface area (Å²) in [5, 5.41) is 3.02. The summed E-state index contributed by atoms with van der Waals surface area (Å²) in [5.41, 5.74) is 5.90. The average molecular weight is 242 g/mol. The number of hydrogen-bond donors (Lipinski definition) is 2. The quantitative estimate of drug-likeness (QED) is 0.760. The summed E-state index contributed by atoms with van der Waals surface area (Å²) in [7, 11) is 1.68. The molecule has 100 valence electrons. The SMILES string of the molecule is COCC(C)CNC(=O)C1CCC(N)CC1C. The van der Waals surface area contributed by atoms with Gasteiger partial charge in [-0.15, -0.1) is 0 Å². The van der Waals surface area contributed by atoms with Crippen LogP contribution in [0.1, 0.15) is 33.1 Å². The Morgan fingerprint density at radius 3 is 2.82 bits per heavy atom. The van der Waals surface area contributed by atoms with E-state index < -0.39 is 0 Å². The highest BCUT2D eigenvalue weighted by Gasteiger charge is 2.30. The minimum atomic E-state index is 0.143. The van der Waals surface area contributed by atoms with E-state index in [1.165, 1.54) is 0 Å². The average Bonchev–Trinajstić information content (AvgIpc) is 2.26. The highest BCUT2D eigenvalue weighted by atomic mass is 16.5. The molecule has 1 aliphatic carbocycles. The van der Waals surface area contributed by atoms with Crippen LogP contribution in [0.5, 0.6) is 0 Å². The molecular weight excluding hydrogens is 216 g/mol. The Hall–Kier alpha value is -0.610. The van der Waals surface area contributed by atoms with Gasteiger partial charge >= 0.3 is 0 Å². The van der Waals surface area contributed by atoms with Crippen LogP contribution >= 0.6 is 0 Å². The molecule has 1 aliphatic rings. The largest absolute Gasteiger partial charge is 0.384 e. The van der Waals surface area contributed by atoms with Crippen molar-refractivity contribution in [3.05, 3.63) is 0 Å². The molecule has 0 heterocycles. The smallest absolute Gasteiger partial charge is 0.223 e. The van der Waals surface area contributed by atoms with Crippen LogP contribution in [0.3, 0.4) is 0 Å². The van der Waals surface area contributed by atoms with E-state index in [1.807, 2.05) is 0 Å². The van der Waals surface area contributed by atoms with E-state index in [-0.39, 0.29) is 17.9 Å². The molecule has 1 saturated carbocycles. The van der Waals surface area contributed by atoms with Crippen molar-refractivity contribution in [3.63, 3.8) is 0 Å². The predicted molar refractivity (Wildman–Crippen MR) is 68.5 cm³/mol. The summed E-state index contributed by atoms with van der Waals surface area (Å²) in [6, 6.07) is 0.279. The number of amides is 1. The molecule has 0 aromatic heterocycles. The number of ether oxygens (including phenoxy) is 1. The number of rotatable bonds is 5. The zero-order valence-electron chi connectivity index (χ0n) is 11.2. The summed E-state index contributed by atoms with van der Waals surface area (Å²) in [4.78, 5) is 12.0. The third kappa shape index (κ3) is 4.64. The molecule has 3 N–H and O–H groups in total. The van der Waals surface area contributed by atoms with Crippen molar-refractivity contribution in [2.75, 3.05) is 20.3 Å². The molecule has 1 fully saturated rings. The molecule has 0 spiro atoms. The summed E-state index contributed by atoms with van der Waals surface area (Å²) in [5.74, 6) is 1.10. The van der Waals surface area contributed by atoms with Crippen molar-refractivity contribution in [3.8, 4) is 0 Å². The molecule has 4 unspecified atom stereocenters. The number of hydrogen-bond acceptors (Lipinski definition) is 3. The van der Waals surface area contributed by atoms with Crippen LogP contribution in [0, 0.1) is 17.8 Å². The Morgan fingerprint density at radius 1 is 1.53 bits per heavy atom. The number of carbonyl (C=O) groups is 1. The third-order valence-electron chi connectivity index (χ3n) is 3.62. The molecule has 1 amide bonds. The second kappa shape index (κ2) is 6.97. The molecular formula is C13H26N2O2. The summed E-state index contributed by atoms with van der Waals surface area (Å²) >= 11 is 0. The molecule has 0 saturated heterocycles. The van der Waals surface area contributed by atoms with Crippen molar-refractivity contribution >= 4 is 5.91 Å². The monoisotopic (exact) mass is 242 g/mol. The van der Waals surface area contributed by atoms with Crippen molar-refractivity contribution in [1.82, 2.24) is 5.32 Å². The fourth-order valence-electron chi connectivity index (χ4n) is 2.58. The first-order valence-corrected chi connectivity index (χ1v) is 6.56. The number of carbonyl (C=O) groups excluding carboxylic acids is 1. The van der Waals surface area contributed by atoms with Gasteiger partial charge in [0.25, 0.3) is 0 Å². The topological polar surface area (TPSA) is 64.3 Å². The molecule has 0 aromatic rings. The first-order valence-electron chi connectivity index (χ1n) is 6.56. The first-order chi connectivity index (χ1) is 8.04. The molecule has 0 aliphatic heterocycles. The second-order valence-electron chi connectivity index (χ2n) is 5.46. The van der Waals surface area contributed by atoms with Crippen LogP contribution in [-0.2, 0) is 9.53 Å². The van der Waals surface area contributed by atoms with E-state index in [2.05, 4.69) is 19.2 Å². The summed E-state index contributed by atoms with van der Waals surface area (Å²) in [6.45, 7) is 5.58. The molecule has 0 aromatic carbocycles. The minimum Gasteiger partial charge on any atom is -0.384 e. The standard InChI is InChI=1S/C13H26N2O2/c1-9(8-17-3)7-15-13(16)12-5-4-11(14)6-10(12)2/h9-12H,4-8,14H2,1-3H3,(H,15,16). The Labute approximate surface area is 104 Å². The van der Waals surface area contributed by atoms with Gasteiger partial charge in [0, 0.05) is 25.6 Å². The fourth-order valence-corrected chi connectivity index (χ4v) is 2.58. The first kappa shape index (κ1) is 14.5. The van der Waals surface area contributed by atoms with Gasteiger partial charge in [-0.3, -0.25) is 4.79 Å². The lowest BCUT2D eigenvalue weighted by molar-refractivity contribution is -0.127. The van der Waals surface area contributed by atoms with Crippen molar-refractivity contribution < 1.29 is 9.53 Å². The van der Waals surface area contributed by atoms with Gasteiger partial charge in [0.05, 0.1) is 6.61 Å². The van der Waals surface area contributed by atoms with Gasteiger partial charge in [0.1, 0.15) is 0 Å². The van der Waals surface area contributed by atoms with Crippen LogP contribution < -0.4 is 11.1 Å². The molecule has 4 nitrogen and oxygen atoms in total. The molecule has 4 atom stereocenters. The molecule has 17 heavy (non-hydrogen) atoms. The van der Waals surface area contributed by atoms with Gasteiger partial charge in [-0.05, 0) is 31.1 Å². The van der Waals surface area contributed by atoms with Crippen molar-refractivity contribution in [2.24, 2.45) is 23.5 Å². The Balaban J connectivity index is 2.32. The maximum Gasteiger partial charge on any atom is 0.223 e. The van der Waals surface area contributed by atoms with Crippen molar-refractivity contribution in [2.45, 2.75) is 39.2 Å². The van der Waals surface area contributed by atoms with Gasteiger partial charge < -0.3 is 15.8 Å². The van der Waals surface area contributed by atoms with Crippen LogP contribution in [-0.4, -0.2) is 32.2 Å². The van der Waals surface area contributed by atoms with Crippen LogP contribution in [0.25, 0.3) is 0 Å². The maximum atomic E-state index is 12.0. The number of methoxy groups -OCH3 is 1. The third-order valence-corrected chi connectivity index (χ3v) is 3.62. The van der Waals surface area contributed by atoms with E-state index >= 15 is 0 Å². The van der Waals surface area contributed by atoms with Crippen LogP contribution in [0.2, 0.25) is 0 Å². The lowest BCUT2D eigenvalue weighted by atomic mass is 9.78. The zero-order valence-corrected chi connectivity index (χ0v) is 11.2. The highest BCUT2D eigenvalue weighted by molar-refractivity contribution is 5.79. The van der Waals surface area contributed by atoms with Gasteiger partial charge in [-0.25, -0.2) is 0 Å². The van der Waals surface area contributed by atoms with Crippen LogP contribution in [0.4, 0.5) is 0 Å². The molecule has 4 heteroatoms. The van der Waals surface area contributed by atoms with E-state index in [9.17, 15) is 4.79 Å². The number of nitrogens with one attached hydrogen (secondary N) is 1. The van der Waals surface area contributed by atoms with Gasteiger partial charge in [0.2, 0.25) is 5.91 Å². The highest BCUT2D eigenvalue weighted by Crippen LogP contribution is 2.29. The summed E-state index contributed by atoms with van der Waals surface area (Å²) in [6.07, 6.45) is 2.86. The van der Waals surface area contributed by atoms with Crippen LogP contribution in [0.15, 0.2) is 0 Å². The predicted octanol–water partition coefficient (Wildman–Crippen LogP) is 1.15. The second-order valence-corrected chi connectivity index (χ2v) is 5.46. The lowest BCUT2D eigenvalue weighted by Crippen LogP contribution is -2.42.